The summed E-state index contributed by atoms with van der Waals surface area (Å²) >= 11 is 0.296. The van der Waals surface area contributed by atoms with Crippen LogP contribution in [0.5, 0.6) is 5.75 Å². The Balaban J connectivity index is 2.53. The molecule has 4 heteroatoms. The Bertz CT molecular complexity index is 268. The molecule has 12 heavy (non-hydrogen) atoms. The van der Waals surface area contributed by atoms with E-state index in [9.17, 15) is 9.90 Å². The van der Waals surface area contributed by atoms with E-state index in [1.54, 1.807) is 12.1 Å². The van der Waals surface area contributed by atoms with Crippen LogP contribution in [0.15, 0.2) is 24.3 Å². The van der Waals surface area contributed by atoms with Gasteiger partial charge in [-0.3, -0.25) is 0 Å². The van der Waals surface area contributed by atoms with Crippen LogP contribution in [0.2, 0.25) is 0 Å². The van der Waals surface area contributed by atoms with Crippen molar-refractivity contribution < 1.29 is 14.1 Å². The Morgan fingerprint density at radius 3 is 2.42 bits per heavy atom. The molecule has 1 radical (unpaired) electrons. The van der Waals surface area contributed by atoms with Gasteiger partial charge in [0.25, 0.3) is 0 Å². The van der Waals surface area contributed by atoms with Gasteiger partial charge in [0.15, 0.2) is 12.0 Å². The monoisotopic (exact) mass is 183 g/mol. The fourth-order valence-electron chi connectivity index (χ4n) is 0.676. The zero-order valence-electron chi connectivity index (χ0n) is 6.44. The second-order valence-corrected chi connectivity index (χ2v) is 2.90. The minimum Gasteiger partial charge on any atom is -0.414 e. The van der Waals surface area contributed by atoms with Crippen LogP contribution in [0.25, 0.3) is 0 Å². The average Bonchev–Trinajstić information content (AvgIpc) is 2.03. The quantitative estimate of drug-likeness (QED) is 0.662. The van der Waals surface area contributed by atoms with Crippen molar-refractivity contribution in [2.24, 2.45) is 0 Å². The predicted octanol–water partition coefficient (Wildman–Crippen LogP) is 2.57. The van der Waals surface area contributed by atoms with E-state index >= 15 is 0 Å². The van der Waals surface area contributed by atoms with Crippen molar-refractivity contribution in [1.82, 2.24) is 0 Å². The summed E-state index contributed by atoms with van der Waals surface area (Å²) in [5.74, 6) is 0.509. The van der Waals surface area contributed by atoms with Gasteiger partial charge >= 0.3 is 5.30 Å². The Labute approximate surface area is 74.6 Å². The number of rotatable bonds is 2. The van der Waals surface area contributed by atoms with Gasteiger partial charge in [0, 0.05) is 0 Å². The van der Waals surface area contributed by atoms with Gasteiger partial charge in [-0.1, -0.05) is 17.7 Å². The van der Waals surface area contributed by atoms with Crippen molar-refractivity contribution >= 4 is 17.3 Å². The summed E-state index contributed by atoms with van der Waals surface area (Å²) in [6.45, 7) is 1.94. The van der Waals surface area contributed by atoms with Crippen LogP contribution in [-0.4, -0.2) is 5.30 Å². The molecule has 0 aliphatic rings. The van der Waals surface area contributed by atoms with Crippen molar-refractivity contribution in [2.45, 2.75) is 6.92 Å². The molecule has 0 spiro atoms. The van der Waals surface area contributed by atoms with Gasteiger partial charge < -0.3 is 4.18 Å². The molecule has 0 heterocycles. The second kappa shape index (κ2) is 4.01. The molecule has 0 bridgehead atoms. The van der Waals surface area contributed by atoms with Crippen LogP contribution in [0.3, 0.4) is 0 Å². The average molecular weight is 183 g/mol. The molecule has 0 aliphatic carbocycles. The standard InChI is InChI=1S/C8H7O3S/c1-6-2-4-7(5-3-6)11-12-8(9)10/h2-5H,1H3. The van der Waals surface area contributed by atoms with Gasteiger partial charge in [-0.2, -0.15) is 0 Å². The first-order chi connectivity index (χ1) is 5.68. The Hall–Kier alpha value is -1.16. The molecule has 0 amide bonds. The maximum absolute atomic E-state index is 9.97. The van der Waals surface area contributed by atoms with E-state index in [2.05, 4.69) is 0 Å². The van der Waals surface area contributed by atoms with Crippen LogP contribution >= 0.6 is 12.0 Å². The molecule has 0 fully saturated rings. The molecular weight excluding hydrogens is 176 g/mol. The first kappa shape index (κ1) is 8.93. The smallest absolute Gasteiger partial charge is 0.414 e. The van der Waals surface area contributed by atoms with Crippen LogP contribution in [0.1, 0.15) is 5.56 Å². The number of hydrogen-bond acceptors (Lipinski definition) is 3. The molecule has 1 aromatic rings. The highest BCUT2D eigenvalue weighted by atomic mass is 32.2. The summed E-state index contributed by atoms with van der Waals surface area (Å²) in [6, 6.07) is 7.08. The van der Waals surface area contributed by atoms with Crippen molar-refractivity contribution in [2.75, 3.05) is 0 Å². The molecule has 1 aromatic carbocycles. The van der Waals surface area contributed by atoms with E-state index < -0.39 is 5.30 Å². The van der Waals surface area contributed by atoms with Crippen molar-refractivity contribution in [3.8, 4) is 5.75 Å². The predicted molar refractivity (Wildman–Crippen MR) is 45.5 cm³/mol. The molecule has 0 saturated heterocycles. The van der Waals surface area contributed by atoms with Gasteiger partial charge in [-0.15, -0.1) is 0 Å². The lowest BCUT2D eigenvalue weighted by atomic mass is 10.2. The number of carbonyl (C=O) groups excluding carboxylic acids is 1. The summed E-state index contributed by atoms with van der Waals surface area (Å²) in [5.41, 5.74) is 1.10. The number of carbonyl (C=O) groups is 1. The summed E-state index contributed by atoms with van der Waals surface area (Å²) in [6.07, 6.45) is 0. The molecule has 0 atom stereocenters. The first-order valence-electron chi connectivity index (χ1n) is 3.30. The largest absolute Gasteiger partial charge is 0.452 e. The summed E-state index contributed by atoms with van der Waals surface area (Å²) in [7, 11) is 0. The molecule has 0 aromatic heterocycles. The Kier molecular flexibility index (Phi) is 2.99. The number of hydrogen-bond donors (Lipinski definition) is 0. The van der Waals surface area contributed by atoms with Gasteiger partial charge in [-0.05, 0) is 19.1 Å². The van der Waals surface area contributed by atoms with Crippen molar-refractivity contribution in [3.63, 3.8) is 0 Å². The van der Waals surface area contributed by atoms with Crippen molar-refractivity contribution in [1.29, 1.82) is 0 Å². The van der Waals surface area contributed by atoms with Gasteiger partial charge in [0.05, 0.1) is 0 Å². The molecule has 0 unspecified atom stereocenters. The maximum Gasteiger partial charge on any atom is 0.452 e. The third-order valence-electron chi connectivity index (χ3n) is 1.23. The first-order valence-corrected chi connectivity index (χ1v) is 4.05. The molecule has 0 aliphatic heterocycles. The van der Waals surface area contributed by atoms with Crippen LogP contribution < -0.4 is 4.18 Å². The summed E-state index contributed by atoms with van der Waals surface area (Å²) in [4.78, 5) is 9.97. The van der Waals surface area contributed by atoms with E-state index in [1.165, 1.54) is 0 Å². The van der Waals surface area contributed by atoms with E-state index in [0.717, 1.165) is 5.56 Å². The van der Waals surface area contributed by atoms with Crippen LogP contribution in [-0.2, 0) is 5.11 Å². The number of aryl methyl sites for hydroxylation is 1. The molecule has 3 nitrogen and oxygen atoms in total. The molecule has 63 valence electrons. The maximum atomic E-state index is 9.97. The highest BCUT2D eigenvalue weighted by Crippen LogP contribution is 2.16. The lowest BCUT2D eigenvalue weighted by Gasteiger charge is -1.98. The summed E-state index contributed by atoms with van der Waals surface area (Å²) < 4.78 is 4.78. The second-order valence-electron chi connectivity index (χ2n) is 2.23. The minimum absolute atomic E-state index is 0.296. The minimum atomic E-state index is -1.30. The van der Waals surface area contributed by atoms with Crippen molar-refractivity contribution in [3.05, 3.63) is 29.8 Å². The van der Waals surface area contributed by atoms with E-state index in [0.29, 0.717) is 17.8 Å². The van der Waals surface area contributed by atoms with E-state index in [1.807, 2.05) is 19.1 Å². The van der Waals surface area contributed by atoms with Gasteiger partial charge in [-0.25, -0.2) is 9.90 Å². The Morgan fingerprint density at radius 1 is 1.33 bits per heavy atom. The third-order valence-corrected chi connectivity index (χ3v) is 1.64. The zero-order valence-corrected chi connectivity index (χ0v) is 7.26. The highest BCUT2D eigenvalue weighted by Gasteiger charge is 2.02. The third kappa shape index (κ3) is 2.84. The highest BCUT2D eigenvalue weighted by molar-refractivity contribution is 8.09. The lowest BCUT2D eigenvalue weighted by Crippen LogP contribution is -1.87. The van der Waals surface area contributed by atoms with E-state index in [-0.39, 0.29) is 0 Å². The fourth-order valence-corrected chi connectivity index (χ4v) is 0.951. The number of benzene rings is 1. The van der Waals surface area contributed by atoms with Crippen LogP contribution in [0.4, 0.5) is 4.79 Å². The molecule has 0 N–H and O–H groups in total. The lowest BCUT2D eigenvalue weighted by molar-refractivity contribution is 0.197. The van der Waals surface area contributed by atoms with Gasteiger partial charge in [0.2, 0.25) is 0 Å². The van der Waals surface area contributed by atoms with Crippen LogP contribution in [0, 0.1) is 6.92 Å². The Morgan fingerprint density at radius 2 is 1.92 bits per heavy atom. The molecular formula is C8H7O3S. The topological polar surface area (TPSA) is 46.2 Å². The normalized spacial score (nSPS) is 9.42. The summed E-state index contributed by atoms with van der Waals surface area (Å²) in [5, 5.41) is 8.67. The van der Waals surface area contributed by atoms with Gasteiger partial charge in [0.1, 0.15) is 5.75 Å². The fraction of sp³-hybridized carbons (Fsp3) is 0.125. The molecule has 1 rings (SSSR count). The molecule has 0 saturated carbocycles. The zero-order chi connectivity index (χ0) is 8.97. The SMILES string of the molecule is Cc1ccc(OSC([O])=O)cc1. The van der Waals surface area contributed by atoms with E-state index in [4.69, 9.17) is 4.18 Å².